The molecule has 2 aliphatic rings. The van der Waals surface area contributed by atoms with E-state index < -0.39 is 0 Å². The molecule has 2 aromatic rings. The SMILES string of the molecule is C=C(C)CCOc1cccc2[nH]c(C(=O)NC3CCN(CCN4CCC(O)CC4)CC3)cc12. The fraction of sp³-hybridized carbons (Fsp3) is 0.577. The van der Waals surface area contributed by atoms with E-state index in [1.165, 1.54) is 0 Å². The quantitative estimate of drug-likeness (QED) is 0.507. The molecule has 0 bridgehead atoms. The zero-order valence-electron chi connectivity index (χ0n) is 19.8. The van der Waals surface area contributed by atoms with E-state index >= 15 is 0 Å². The molecule has 1 amide bonds. The summed E-state index contributed by atoms with van der Waals surface area (Å²) in [6, 6.07) is 7.96. The summed E-state index contributed by atoms with van der Waals surface area (Å²) in [4.78, 5) is 21.1. The number of aromatic nitrogens is 1. The van der Waals surface area contributed by atoms with Gasteiger partial charge in [-0.15, -0.1) is 6.58 Å². The lowest BCUT2D eigenvalue weighted by atomic mass is 10.0. The third-order valence-electron chi connectivity index (χ3n) is 6.87. The number of likely N-dealkylation sites (tertiary alicyclic amines) is 2. The Balaban J connectivity index is 1.24. The van der Waals surface area contributed by atoms with Gasteiger partial charge in [0.05, 0.1) is 12.7 Å². The van der Waals surface area contributed by atoms with Crippen molar-refractivity contribution in [1.82, 2.24) is 20.1 Å². The van der Waals surface area contributed by atoms with Gasteiger partial charge in [0.2, 0.25) is 0 Å². The number of aliphatic hydroxyl groups excluding tert-OH is 1. The van der Waals surface area contributed by atoms with Crippen LogP contribution in [0.4, 0.5) is 0 Å². The second-order valence-electron chi connectivity index (χ2n) is 9.62. The molecule has 180 valence electrons. The largest absolute Gasteiger partial charge is 0.493 e. The van der Waals surface area contributed by atoms with Crippen LogP contribution in [0.25, 0.3) is 10.9 Å². The third kappa shape index (κ3) is 6.59. The molecule has 0 unspecified atom stereocenters. The number of nitrogens with one attached hydrogen (secondary N) is 2. The number of H-pyrrole nitrogens is 1. The van der Waals surface area contributed by atoms with Gasteiger partial charge in [-0.05, 0) is 50.8 Å². The number of aliphatic hydroxyl groups is 1. The summed E-state index contributed by atoms with van der Waals surface area (Å²) in [6.07, 6.45) is 4.43. The lowest BCUT2D eigenvalue weighted by Gasteiger charge is -2.35. The first-order valence-corrected chi connectivity index (χ1v) is 12.3. The van der Waals surface area contributed by atoms with Crippen molar-refractivity contribution in [2.24, 2.45) is 0 Å². The molecule has 3 heterocycles. The van der Waals surface area contributed by atoms with Gasteiger partial charge < -0.3 is 29.9 Å². The Hall–Kier alpha value is -2.35. The zero-order chi connectivity index (χ0) is 23.2. The molecular formula is C26H38N4O3. The van der Waals surface area contributed by atoms with Crippen molar-refractivity contribution in [3.63, 3.8) is 0 Å². The van der Waals surface area contributed by atoms with E-state index in [4.69, 9.17) is 4.74 Å². The van der Waals surface area contributed by atoms with Crippen LogP contribution in [0.15, 0.2) is 36.4 Å². The number of aromatic amines is 1. The van der Waals surface area contributed by atoms with E-state index in [0.29, 0.717) is 12.3 Å². The molecule has 0 radical (unpaired) electrons. The molecule has 2 fully saturated rings. The second kappa shape index (κ2) is 11.2. The van der Waals surface area contributed by atoms with Gasteiger partial charge in [0.15, 0.2) is 0 Å². The predicted molar refractivity (Wildman–Crippen MR) is 132 cm³/mol. The van der Waals surface area contributed by atoms with Crippen molar-refractivity contribution >= 4 is 16.8 Å². The Bertz CT molecular complexity index is 940. The van der Waals surface area contributed by atoms with Gasteiger partial charge in [-0.1, -0.05) is 11.6 Å². The summed E-state index contributed by atoms with van der Waals surface area (Å²) in [6.45, 7) is 12.6. The van der Waals surface area contributed by atoms with Crippen molar-refractivity contribution in [3.05, 3.63) is 42.1 Å². The Morgan fingerprint density at radius 1 is 1.15 bits per heavy atom. The number of amides is 1. The maximum atomic E-state index is 12.9. The van der Waals surface area contributed by atoms with Gasteiger partial charge >= 0.3 is 0 Å². The Labute approximate surface area is 196 Å². The van der Waals surface area contributed by atoms with Crippen LogP contribution in [-0.4, -0.2) is 83.8 Å². The predicted octanol–water partition coefficient (Wildman–Crippen LogP) is 3.16. The smallest absolute Gasteiger partial charge is 0.267 e. The summed E-state index contributed by atoms with van der Waals surface area (Å²) < 4.78 is 5.92. The fourth-order valence-electron chi connectivity index (χ4n) is 4.70. The number of nitrogens with zero attached hydrogens (tertiary/aromatic N) is 2. The minimum Gasteiger partial charge on any atom is -0.493 e. The van der Waals surface area contributed by atoms with Gasteiger partial charge in [-0.25, -0.2) is 0 Å². The number of carbonyl (C=O) groups is 1. The number of rotatable bonds is 9. The van der Waals surface area contributed by atoms with Crippen molar-refractivity contribution in [3.8, 4) is 5.75 Å². The molecule has 33 heavy (non-hydrogen) atoms. The van der Waals surface area contributed by atoms with Gasteiger partial charge in [0, 0.05) is 62.6 Å². The Kier molecular flexibility index (Phi) is 8.06. The standard InChI is InChI=1S/C26H38N4O3/c1-19(2)10-17-33-25-5-3-4-23-22(25)18-24(28-23)26(32)27-20-6-11-29(12-7-20)15-16-30-13-8-21(31)9-14-30/h3-5,18,20-21,28,31H,1,6-17H2,2H3,(H,27,32). The first kappa shape index (κ1) is 23.8. The highest BCUT2D eigenvalue weighted by molar-refractivity contribution is 5.99. The van der Waals surface area contributed by atoms with Crippen LogP contribution < -0.4 is 10.1 Å². The van der Waals surface area contributed by atoms with Gasteiger partial charge in [-0.2, -0.15) is 0 Å². The number of piperidine rings is 2. The van der Waals surface area contributed by atoms with Gasteiger partial charge in [0.25, 0.3) is 5.91 Å². The van der Waals surface area contributed by atoms with Gasteiger partial charge in [0.1, 0.15) is 11.4 Å². The van der Waals surface area contributed by atoms with Crippen molar-refractivity contribution in [2.45, 2.75) is 51.2 Å². The lowest BCUT2D eigenvalue weighted by molar-refractivity contribution is 0.0729. The fourth-order valence-corrected chi connectivity index (χ4v) is 4.70. The van der Waals surface area contributed by atoms with Crippen LogP contribution in [0.3, 0.4) is 0 Å². The molecule has 0 aliphatic carbocycles. The van der Waals surface area contributed by atoms with Crippen molar-refractivity contribution in [1.29, 1.82) is 0 Å². The maximum absolute atomic E-state index is 12.9. The molecule has 3 N–H and O–H groups in total. The zero-order valence-corrected chi connectivity index (χ0v) is 19.8. The highest BCUT2D eigenvalue weighted by Crippen LogP contribution is 2.27. The van der Waals surface area contributed by atoms with Crippen LogP contribution in [0, 0.1) is 0 Å². The van der Waals surface area contributed by atoms with Crippen LogP contribution in [0.5, 0.6) is 5.75 Å². The molecule has 1 aromatic heterocycles. The van der Waals surface area contributed by atoms with E-state index in [0.717, 1.165) is 93.6 Å². The number of ether oxygens (including phenoxy) is 1. The normalized spacial score (nSPS) is 19.1. The summed E-state index contributed by atoms with van der Waals surface area (Å²) >= 11 is 0. The highest BCUT2D eigenvalue weighted by atomic mass is 16.5. The summed E-state index contributed by atoms with van der Waals surface area (Å²) in [5.41, 5.74) is 2.58. The highest BCUT2D eigenvalue weighted by Gasteiger charge is 2.23. The molecule has 7 heteroatoms. The van der Waals surface area contributed by atoms with Crippen LogP contribution >= 0.6 is 0 Å². The Morgan fingerprint density at radius 3 is 2.48 bits per heavy atom. The molecule has 2 aliphatic heterocycles. The minimum absolute atomic E-state index is 0.0515. The topological polar surface area (TPSA) is 80.8 Å². The molecule has 0 atom stereocenters. The number of carbonyl (C=O) groups excluding carboxylic acids is 1. The van der Waals surface area contributed by atoms with E-state index in [2.05, 4.69) is 26.7 Å². The molecule has 2 saturated heterocycles. The average Bonchev–Trinajstić information content (AvgIpc) is 3.25. The monoisotopic (exact) mass is 454 g/mol. The Morgan fingerprint density at radius 2 is 1.82 bits per heavy atom. The summed E-state index contributed by atoms with van der Waals surface area (Å²) in [7, 11) is 0. The molecule has 4 rings (SSSR count). The van der Waals surface area contributed by atoms with Crippen LogP contribution in [0.2, 0.25) is 0 Å². The number of hydrogen-bond acceptors (Lipinski definition) is 5. The summed E-state index contributed by atoms with van der Waals surface area (Å²) in [5, 5.41) is 13.8. The first-order chi connectivity index (χ1) is 16.0. The number of hydrogen-bond donors (Lipinski definition) is 3. The second-order valence-corrected chi connectivity index (χ2v) is 9.62. The minimum atomic E-state index is -0.112. The van der Waals surface area contributed by atoms with Gasteiger partial charge in [-0.3, -0.25) is 4.79 Å². The summed E-state index contributed by atoms with van der Waals surface area (Å²) in [5.74, 6) is 0.741. The van der Waals surface area contributed by atoms with Crippen LogP contribution in [0.1, 0.15) is 49.5 Å². The van der Waals surface area contributed by atoms with E-state index in [9.17, 15) is 9.90 Å². The van der Waals surface area contributed by atoms with Crippen molar-refractivity contribution < 1.29 is 14.6 Å². The lowest BCUT2D eigenvalue weighted by Crippen LogP contribution is -2.47. The average molecular weight is 455 g/mol. The third-order valence-corrected chi connectivity index (χ3v) is 6.87. The van der Waals surface area contributed by atoms with Crippen LogP contribution in [-0.2, 0) is 0 Å². The van der Waals surface area contributed by atoms with E-state index in [-0.39, 0.29) is 18.1 Å². The van der Waals surface area contributed by atoms with E-state index in [1.807, 2.05) is 31.2 Å². The molecule has 0 spiro atoms. The molecule has 7 nitrogen and oxygen atoms in total. The van der Waals surface area contributed by atoms with E-state index in [1.54, 1.807) is 0 Å². The molecular weight excluding hydrogens is 416 g/mol. The number of benzene rings is 1. The maximum Gasteiger partial charge on any atom is 0.267 e. The number of fused-ring (bicyclic) bond motifs is 1. The molecule has 1 aromatic carbocycles. The van der Waals surface area contributed by atoms with Crippen molar-refractivity contribution in [2.75, 3.05) is 45.9 Å². The molecule has 0 saturated carbocycles. The first-order valence-electron chi connectivity index (χ1n) is 12.3.